The Hall–Kier alpha value is -1.55. The lowest BCUT2D eigenvalue weighted by Gasteiger charge is -2.15. The fourth-order valence-electron chi connectivity index (χ4n) is 1.80. The van der Waals surface area contributed by atoms with Crippen molar-refractivity contribution in [2.24, 2.45) is 11.8 Å². The minimum Gasteiger partial charge on any atom is -0.397 e. The summed E-state index contributed by atoms with van der Waals surface area (Å²) in [5.74, 6) is 0.950. The van der Waals surface area contributed by atoms with E-state index in [4.69, 9.17) is 5.73 Å². The topological polar surface area (TPSA) is 55.1 Å². The third-order valence-electron chi connectivity index (χ3n) is 3.56. The Kier molecular flexibility index (Phi) is 4.10. The van der Waals surface area contributed by atoms with Gasteiger partial charge in [0.15, 0.2) is 0 Å². The van der Waals surface area contributed by atoms with Crippen LogP contribution >= 0.6 is 11.3 Å². The molecular formula is C15H20N2OS. The number of benzene rings is 1. The molecule has 19 heavy (non-hydrogen) atoms. The predicted molar refractivity (Wildman–Crippen MR) is 82.6 cm³/mol. The number of nitrogens with one attached hydrogen (secondary N) is 1. The third kappa shape index (κ3) is 2.89. The van der Waals surface area contributed by atoms with E-state index in [0.29, 0.717) is 28.9 Å². The van der Waals surface area contributed by atoms with Gasteiger partial charge in [-0.15, -0.1) is 11.3 Å². The molecule has 0 saturated carbocycles. The van der Waals surface area contributed by atoms with E-state index in [-0.39, 0.29) is 5.91 Å². The van der Waals surface area contributed by atoms with Crippen molar-refractivity contribution in [1.82, 2.24) is 5.32 Å². The van der Waals surface area contributed by atoms with E-state index >= 15 is 0 Å². The van der Waals surface area contributed by atoms with Crippen LogP contribution in [-0.4, -0.2) is 12.5 Å². The van der Waals surface area contributed by atoms with Crippen LogP contribution in [0.25, 0.3) is 10.1 Å². The lowest BCUT2D eigenvalue weighted by Crippen LogP contribution is -2.30. The highest BCUT2D eigenvalue weighted by atomic mass is 32.1. The Labute approximate surface area is 117 Å². The van der Waals surface area contributed by atoms with Gasteiger partial charge >= 0.3 is 0 Å². The number of amides is 1. The van der Waals surface area contributed by atoms with E-state index in [0.717, 1.165) is 10.1 Å². The number of hydrogen-bond acceptors (Lipinski definition) is 3. The molecule has 1 unspecified atom stereocenters. The monoisotopic (exact) mass is 276 g/mol. The molecule has 1 atom stereocenters. The second-order valence-corrected chi connectivity index (χ2v) is 6.32. The quantitative estimate of drug-likeness (QED) is 0.898. The van der Waals surface area contributed by atoms with E-state index in [1.165, 1.54) is 11.3 Å². The van der Waals surface area contributed by atoms with Crippen LogP contribution < -0.4 is 11.1 Å². The van der Waals surface area contributed by atoms with E-state index in [9.17, 15) is 4.79 Å². The van der Waals surface area contributed by atoms with Gasteiger partial charge in [0.1, 0.15) is 4.88 Å². The van der Waals surface area contributed by atoms with E-state index in [1.807, 2.05) is 24.3 Å². The van der Waals surface area contributed by atoms with Crippen LogP contribution in [0.1, 0.15) is 30.4 Å². The van der Waals surface area contributed by atoms with Crippen LogP contribution in [-0.2, 0) is 0 Å². The highest BCUT2D eigenvalue weighted by Gasteiger charge is 2.17. The standard InChI is InChI=1S/C15H20N2OS/c1-9(2)10(3)8-17-15(18)14-13(16)11-6-4-5-7-12(11)19-14/h4-7,9-10H,8,16H2,1-3H3,(H,17,18). The summed E-state index contributed by atoms with van der Waals surface area (Å²) in [5.41, 5.74) is 6.65. The molecule has 0 saturated heterocycles. The molecule has 0 radical (unpaired) electrons. The summed E-state index contributed by atoms with van der Waals surface area (Å²) >= 11 is 1.46. The third-order valence-corrected chi connectivity index (χ3v) is 4.75. The van der Waals surface area contributed by atoms with E-state index in [1.54, 1.807) is 0 Å². The smallest absolute Gasteiger partial charge is 0.263 e. The molecule has 0 bridgehead atoms. The van der Waals surface area contributed by atoms with Crippen LogP contribution in [0.4, 0.5) is 5.69 Å². The lowest BCUT2D eigenvalue weighted by atomic mass is 9.98. The van der Waals surface area contributed by atoms with Crippen molar-refractivity contribution in [2.75, 3.05) is 12.3 Å². The number of hydrogen-bond donors (Lipinski definition) is 2. The average molecular weight is 276 g/mol. The zero-order valence-electron chi connectivity index (χ0n) is 11.6. The molecule has 3 N–H and O–H groups in total. The zero-order chi connectivity index (χ0) is 14.0. The summed E-state index contributed by atoms with van der Waals surface area (Å²) < 4.78 is 1.06. The normalized spacial score (nSPS) is 12.8. The van der Waals surface area contributed by atoms with Gasteiger partial charge in [0.25, 0.3) is 5.91 Å². The molecule has 2 aromatic rings. The second-order valence-electron chi connectivity index (χ2n) is 5.27. The van der Waals surface area contributed by atoms with E-state index < -0.39 is 0 Å². The average Bonchev–Trinajstić information content (AvgIpc) is 2.73. The number of anilines is 1. The molecular weight excluding hydrogens is 256 g/mol. The molecule has 0 fully saturated rings. The summed E-state index contributed by atoms with van der Waals surface area (Å²) in [5, 5.41) is 3.94. The summed E-state index contributed by atoms with van der Waals surface area (Å²) in [6.07, 6.45) is 0. The van der Waals surface area contributed by atoms with Crippen LogP contribution in [0.3, 0.4) is 0 Å². The number of nitrogen functional groups attached to an aromatic ring is 1. The Morgan fingerprint density at radius 1 is 1.32 bits per heavy atom. The number of carbonyl (C=O) groups is 1. The molecule has 0 aliphatic rings. The van der Waals surface area contributed by atoms with Crippen LogP contribution in [0.15, 0.2) is 24.3 Å². The Morgan fingerprint density at radius 3 is 2.63 bits per heavy atom. The maximum Gasteiger partial charge on any atom is 0.263 e. The van der Waals surface area contributed by atoms with Gasteiger partial charge in [-0.2, -0.15) is 0 Å². The van der Waals surface area contributed by atoms with Gasteiger partial charge in [0.2, 0.25) is 0 Å². The van der Waals surface area contributed by atoms with Gasteiger partial charge in [0.05, 0.1) is 5.69 Å². The maximum absolute atomic E-state index is 12.2. The number of thiophene rings is 1. The first-order chi connectivity index (χ1) is 9.00. The van der Waals surface area contributed by atoms with E-state index in [2.05, 4.69) is 26.1 Å². The van der Waals surface area contributed by atoms with Gasteiger partial charge in [-0.1, -0.05) is 39.0 Å². The highest BCUT2D eigenvalue weighted by molar-refractivity contribution is 7.21. The van der Waals surface area contributed by atoms with Crippen molar-refractivity contribution >= 4 is 33.0 Å². The number of fused-ring (bicyclic) bond motifs is 1. The Bertz CT molecular complexity index is 589. The molecule has 1 heterocycles. The molecule has 102 valence electrons. The number of rotatable bonds is 4. The Balaban J connectivity index is 2.16. The summed E-state index contributed by atoms with van der Waals surface area (Å²) in [6, 6.07) is 7.84. The number of nitrogens with two attached hydrogens (primary N) is 1. The molecule has 0 aliphatic carbocycles. The van der Waals surface area contributed by atoms with Gasteiger partial charge in [-0.3, -0.25) is 4.79 Å². The summed E-state index contributed by atoms with van der Waals surface area (Å²) in [6.45, 7) is 7.14. The van der Waals surface area contributed by atoms with Gasteiger partial charge in [0, 0.05) is 16.6 Å². The first-order valence-corrected chi connectivity index (χ1v) is 7.37. The van der Waals surface area contributed by atoms with Crippen LogP contribution in [0.2, 0.25) is 0 Å². The fourth-order valence-corrected chi connectivity index (χ4v) is 2.84. The van der Waals surface area contributed by atoms with Crippen molar-refractivity contribution in [3.05, 3.63) is 29.1 Å². The highest BCUT2D eigenvalue weighted by Crippen LogP contribution is 2.33. The van der Waals surface area contributed by atoms with Crippen molar-refractivity contribution < 1.29 is 4.79 Å². The largest absolute Gasteiger partial charge is 0.397 e. The minimum absolute atomic E-state index is 0.0637. The first kappa shape index (κ1) is 13.9. The zero-order valence-corrected chi connectivity index (χ0v) is 12.4. The van der Waals surface area contributed by atoms with Crippen molar-refractivity contribution in [2.45, 2.75) is 20.8 Å². The molecule has 2 rings (SSSR count). The molecule has 0 spiro atoms. The second kappa shape index (κ2) is 5.61. The van der Waals surface area contributed by atoms with Gasteiger partial charge in [-0.25, -0.2) is 0 Å². The minimum atomic E-state index is -0.0637. The predicted octanol–water partition coefficient (Wildman–Crippen LogP) is 3.51. The molecule has 1 aromatic carbocycles. The van der Waals surface area contributed by atoms with Gasteiger partial charge < -0.3 is 11.1 Å². The Morgan fingerprint density at radius 2 is 2.00 bits per heavy atom. The van der Waals surface area contributed by atoms with Crippen molar-refractivity contribution in [3.63, 3.8) is 0 Å². The molecule has 0 aliphatic heterocycles. The summed E-state index contributed by atoms with van der Waals surface area (Å²) in [7, 11) is 0. The van der Waals surface area contributed by atoms with Crippen LogP contribution in [0, 0.1) is 11.8 Å². The van der Waals surface area contributed by atoms with Crippen LogP contribution in [0.5, 0.6) is 0 Å². The SMILES string of the molecule is CC(C)C(C)CNC(=O)c1sc2ccccc2c1N. The fraction of sp³-hybridized carbons (Fsp3) is 0.400. The maximum atomic E-state index is 12.2. The molecule has 4 heteroatoms. The number of carbonyl (C=O) groups excluding carboxylic acids is 1. The molecule has 1 amide bonds. The first-order valence-electron chi connectivity index (χ1n) is 6.56. The molecule has 3 nitrogen and oxygen atoms in total. The van der Waals surface area contributed by atoms with Gasteiger partial charge in [-0.05, 0) is 17.9 Å². The van der Waals surface area contributed by atoms with Crippen molar-refractivity contribution in [1.29, 1.82) is 0 Å². The molecule has 1 aromatic heterocycles. The van der Waals surface area contributed by atoms with Crippen molar-refractivity contribution in [3.8, 4) is 0 Å². The summed E-state index contributed by atoms with van der Waals surface area (Å²) in [4.78, 5) is 12.8. The lowest BCUT2D eigenvalue weighted by molar-refractivity contribution is 0.0950.